The van der Waals surface area contributed by atoms with Crippen molar-refractivity contribution in [3.8, 4) is 0 Å². The van der Waals surface area contributed by atoms with Crippen LogP contribution in [0.15, 0.2) is 24.3 Å². The van der Waals surface area contributed by atoms with Crippen molar-refractivity contribution in [1.82, 2.24) is 10.6 Å². The Bertz CT molecular complexity index is 598. The number of nitrogens with one attached hydrogen (secondary N) is 2. The first-order valence-electron chi connectivity index (χ1n) is 7.39. The van der Waals surface area contributed by atoms with Crippen molar-refractivity contribution in [3.63, 3.8) is 0 Å². The van der Waals surface area contributed by atoms with E-state index in [4.69, 9.17) is 0 Å². The quantitative estimate of drug-likeness (QED) is 0.857. The molecule has 4 rings (SSSR count). The highest BCUT2D eigenvalue weighted by molar-refractivity contribution is 6.00. The van der Waals surface area contributed by atoms with Crippen LogP contribution in [0.5, 0.6) is 0 Å². The number of fused-ring (bicyclic) bond motifs is 2. The molecule has 1 aliphatic heterocycles. The third kappa shape index (κ3) is 1.67. The Morgan fingerprint density at radius 3 is 2.95 bits per heavy atom. The van der Waals surface area contributed by atoms with E-state index in [0.717, 1.165) is 18.4 Å². The number of carbonyl (C=O) groups is 2. The Hall–Kier alpha value is -1.84. The highest BCUT2D eigenvalue weighted by Gasteiger charge is 2.58. The molecule has 1 unspecified atom stereocenters. The van der Waals surface area contributed by atoms with E-state index in [9.17, 15) is 9.59 Å². The Morgan fingerprint density at radius 1 is 1.35 bits per heavy atom. The fraction of sp³-hybridized carbons (Fsp3) is 0.500. The summed E-state index contributed by atoms with van der Waals surface area (Å²) in [5, 5.41) is 6.08. The van der Waals surface area contributed by atoms with Crippen LogP contribution in [0.1, 0.15) is 47.5 Å². The van der Waals surface area contributed by atoms with E-state index in [0.29, 0.717) is 18.0 Å². The topological polar surface area (TPSA) is 58.2 Å². The van der Waals surface area contributed by atoms with Gasteiger partial charge in [0.1, 0.15) is 0 Å². The molecule has 4 nitrogen and oxygen atoms in total. The fourth-order valence-corrected chi connectivity index (χ4v) is 3.92. The maximum Gasteiger partial charge on any atom is 0.251 e. The van der Waals surface area contributed by atoms with Crippen LogP contribution in [0.3, 0.4) is 0 Å². The number of hydrogen-bond acceptors (Lipinski definition) is 2. The summed E-state index contributed by atoms with van der Waals surface area (Å²) in [6.07, 6.45) is 4.73. The van der Waals surface area contributed by atoms with Crippen molar-refractivity contribution in [3.05, 3.63) is 35.4 Å². The zero-order valence-electron chi connectivity index (χ0n) is 11.3. The number of benzene rings is 1. The SMILES string of the molecule is O=C1NCC(C(=O)N[C@@]23CCC[C@@H]2C3)c2ccccc21. The predicted octanol–water partition coefficient (Wildman–Crippen LogP) is 1.57. The molecular formula is C16H18N2O2. The van der Waals surface area contributed by atoms with Gasteiger partial charge < -0.3 is 10.6 Å². The molecule has 2 aliphatic carbocycles. The molecule has 2 amide bonds. The monoisotopic (exact) mass is 270 g/mol. The molecule has 0 bridgehead atoms. The van der Waals surface area contributed by atoms with Gasteiger partial charge in [0.15, 0.2) is 0 Å². The van der Waals surface area contributed by atoms with Gasteiger partial charge in [-0.2, -0.15) is 0 Å². The van der Waals surface area contributed by atoms with Gasteiger partial charge in [-0.05, 0) is 36.8 Å². The summed E-state index contributed by atoms with van der Waals surface area (Å²) in [6, 6.07) is 7.42. The highest BCUT2D eigenvalue weighted by Crippen LogP contribution is 2.55. The molecule has 3 aliphatic rings. The van der Waals surface area contributed by atoms with E-state index < -0.39 is 0 Å². The Kier molecular flexibility index (Phi) is 2.43. The lowest BCUT2D eigenvalue weighted by Crippen LogP contribution is -2.46. The lowest BCUT2D eigenvalue weighted by molar-refractivity contribution is -0.123. The van der Waals surface area contributed by atoms with Crippen molar-refractivity contribution in [2.75, 3.05) is 6.54 Å². The van der Waals surface area contributed by atoms with Crippen LogP contribution in [0.25, 0.3) is 0 Å². The van der Waals surface area contributed by atoms with Crippen LogP contribution < -0.4 is 10.6 Å². The van der Waals surface area contributed by atoms with Gasteiger partial charge in [0.25, 0.3) is 5.91 Å². The number of rotatable bonds is 2. The zero-order valence-corrected chi connectivity index (χ0v) is 11.3. The molecule has 2 saturated carbocycles. The summed E-state index contributed by atoms with van der Waals surface area (Å²) in [7, 11) is 0. The molecule has 1 aromatic rings. The van der Waals surface area contributed by atoms with Crippen molar-refractivity contribution in [2.24, 2.45) is 5.92 Å². The van der Waals surface area contributed by atoms with Gasteiger partial charge >= 0.3 is 0 Å². The smallest absolute Gasteiger partial charge is 0.251 e. The molecular weight excluding hydrogens is 252 g/mol. The fourth-order valence-electron chi connectivity index (χ4n) is 3.92. The van der Waals surface area contributed by atoms with Crippen molar-refractivity contribution in [2.45, 2.75) is 37.1 Å². The summed E-state index contributed by atoms with van der Waals surface area (Å²) >= 11 is 0. The van der Waals surface area contributed by atoms with Crippen LogP contribution >= 0.6 is 0 Å². The minimum atomic E-state index is -0.250. The lowest BCUT2D eigenvalue weighted by Gasteiger charge is -2.27. The molecule has 0 saturated heterocycles. The van der Waals surface area contributed by atoms with E-state index in [1.807, 2.05) is 18.2 Å². The van der Waals surface area contributed by atoms with Gasteiger partial charge in [0.2, 0.25) is 5.91 Å². The molecule has 104 valence electrons. The minimum absolute atomic E-state index is 0.0712. The third-order valence-electron chi connectivity index (χ3n) is 5.14. The van der Waals surface area contributed by atoms with E-state index in [-0.39, 0.29) is 23.3 Å². The molecule has 0 radical (unpaired) electrons. The van der Waals surface area contributed by atoms with Crippen molar-refractivity contribution < 1.29 is 9.59 Å². The molecule has 4 heteroatoms. The molecule has 20 heavy (non-hydrogen) atoms. The van der Waals surface area contributed by atoms with Gasteiger partial charge in [-0.15, -0.1) is 0 Å². The minimum Gasteiger partial charge on any atom is -0.351 e. The maximum absolute atomic E-state index is 12.6. The second-order valence-corrected chi connectivity index (χ2v) is 6.29. The maximum atomic E-state index is 12.6. The van der Waals surface area contributed by atoms with E-state index in [1.54, 1.807) is 6.07 Å². The van der Waals surface area contributed by atoms with E-state index in [1.165, 1.54) is 12.8 Å². The average Bonchev–Trinajstić information content (AvgIpc) is 2.99. The normalized spacial score (nSPS) is 33.9. The van der Waals surface area contributed by atoms with Gasteiger partial charge in [-0.25, -0.2) is 0 Å². The molecule has 2 fully saturated rings. The van der Waals surface area contributed by atoms with Crippen LogP contribution in [0.2, 0.25) is 0 Å². The first-order valence-corrected chi connectivity index (χ1v) is 7.39. The Balaban J connectivity index is 1.58. The number of carbonyl (C=O) groups excluding carboxylic acids is 2. The molecule has 1 heterocycles. The summed E-state index contributed by atoms with van der Waals surface area (Å²) in [6.45, 7) is 0.405. The second kappa shape index (κ2) is 4.08. The molecule has 2 N–H and O–H groups in total. The van der Waals surface area contributed by atoms with Crippen LogP contribution in [0.4, 0.5) is 0 Å². The third-order valence-corrected chi connectivity index (χ3v) is 5.14. The number of amides is 2. The van der Waals surface area contributed by atoms with E-state index in [2.05, 4.69) is 10.6 Å². The largest absolute Gasteiger partial charge is 0.351 e. The first-order chi connectivity index (χ1) is 9.70. The number of hydrogen-bond donors (Lipinski definition) is 2. The van der Waals surface area contributed by atoms with Crippen molar-refractivity contribution in [1.29, 1.82) is 0 Å². The predicted molar refractivity (Wildman–Crippen MR) is 74.3 cm³/mol. The van der Waals surface area contributed by atoms with Gasteiger partial charge in [0, 0.05) is 17.6 Å². The van der Waals surface area contributed by atoms with Gasteiger partial charge in [0.05, 0.1) is 5.92 Å². The van der Waals surface area contributed by atoms with Gasteiger partial charge in [-0.3, -0.25) is 9.59 Å². The molecule has 1 aromatic carbocycles. The highest BCUT2D eigenvalue weighted by atomic mass is 16.2. The average molecular weight is 270 g/mol. The van der Waals surface area contributed by atoms with Gasteiger partial charge in [-0.1, -0.05) is 24.6 Å². The van der Waals surface area contributed by atoms with Crippen LogP contribution in [-0.4, -0.2) is 23.9 Å². The lowest BCUT2D eigenvalue weighted by atomic mass is 9.89. The van der Waals surface area contributed by atoms with E-state index >= 15 is 0 Å². The Morgan fingerprint density at radius 2 is 2.20 bits per heavy atom. The standard InChI is InChI=1S/C16H18N2O2/c19-14-12-6-2-1-5-11(12)13(9-17-14)15(20)18-16-7-3-4-10(16)8-16/h1-2,5-6,10,13H,3-4,7-9H2,(H,17,19)(H,18,20)/t10-,13?,16-/m1/s1. The zero-order chi connectivity index (χ0) is 13.7. The molecule has 0 aromatic heterocycles. The summed E-state index contributed by atoms with van der Waals surface area (Å²) in [5.74, 6) is 0.440. The molecule has 3 atom stereocenters. The molecule has 0 spiro atoms. The second-order valence-electron chi connectivity index (χ2n) is 6.29. The van der Waals surface area contributed by atoms with Crippen LogP contribution in [-0.2, 0) is 4.79 Å². The first kappa shape index (κ1) is 11.9. The summed E-state index contributed by atoms with van der Waals surface area (Å²) < 4.78 is 0. The Labute approximate surface area is 117 Å². The van der Waals surface area contributed by atoms with Crippen molar-refractivity contribution >= 4 is 11.8 Å². The summed E-state index contributed by atoms with van der Waals surface area (Å²) in [5.41, 5.74) is 1.59. The van der Waals surface area contributed by atoms with Crippen LogP contribution in [0, 0.1) is 5.92 Å². The summed E-state index contributed by atoms with van der Waals surface area (Å²) in [4.78, 5) is 24.4.